The maximum absolute atomic E-state index is 13.0. The van der Waals surface area contributed by atoms with Gasteiger partial charge in [-0.2, -0.15) is 0 Å². The molecule has 1 aromatic carbocycles. The first-order chi connectivity index (χ1) is 15.1. The highest BCUT2D eigenvalue weighted by molar-refractivity contribution is 6.24. The summed E-state index contributed by atoms with van der Waals surface area (Å²) in [7, 11) is 0. The summed E-state index contributed by atoms with van der Waals surface area (Å²) in [6.45, 7) is 5.28. The number of nitrogens with one attached hydrogen (secondary N) is 1. The molecule has 0 bridgehead atoms. The Kier molecular flexibility index (Phi) is 5.53. The molecule has 0 radical (unpaired) electrons. The topological polar surface area (TPSA) is 54.6 Å². The molecule has 2 heterocycles. The van der Waals surface area contributed by atoms with Gasteiger partial charge in [-0.15, -0.1) is 11.6 Å². The van der Waals surface area contributed by atoms with Gasteiger partial charge in [-0.25, -0.2) is 4.79 Å². The van der Waals surface area contributed by atoms with E-state index in [2.05, 4.69) is 23.7 Å². The maximum atomic E-state index is 13.0. The minimum Gasteiger partial charge on any atom is -0.490 e. The lowest BCUT2D eigenvalue weighted by atomic mass is 9.92. The average molecular weight is 439 g/mol. The van der Waals surface area contributed by atoms with Gasteiger partial charge in [0.2, 0.25) is 0 Å². The number of rotatable bonds is 6. The Labute approximate surface area is 187 Å². The van der Waals surface area contributed by atoms with Crippen molar-refractivity contribution in [3.8, 4) is 5.75 Å². The molecular weight excluding hydrogens is 412 g/mol. The van der Waals surface area contributed by atoms with Crippen molar-refractivity contribution in [1.82, 2.24) is 9.88 Å². The Morgan fingerprint density at radius 1 is 1.29 bits per heavy atom. The van der Waals surface area contributed by atoms with Crippen LogP contribution in [0.2, 0.25) is 0 Å². The van der Waals surface area contributed by atoms with Crippen molar-refractivity contribution in [2.45, 2.75) is 37.1 Å². The van der Waals surface area contributed by atoms with Crippen molar-refractivity contribution >= 4 is 29.8 Å². The second kappa shape index (κ2) is 8.46. The molecular formula is C25H27ClN2O3. The number of hydrogen-bond donors (Lipinski definition) is 1. The molecule has 31 heavy (non-hydrogen) atoms. The summed E-state index contributed by atoms with van der Waals surface area (Å²) in [4.78, 5) is 18.5. The smallest absolute Gasteiger partial charge is 0.410 e. The Bertz CT molecular complexity index is 1100. The second-order valence-corrected chi connectivity index (χ2v) is 9.06. The van der Waals surface area contributed by atoms with Crippen LogP contribution in [0, 0.1) is 5.92 Å². The number of H-pyrrole nitrogens is 1. The largest absolute Gasteiger partial charge is 0.490 e. The van der Waals surface area contributed by atoms with Crippen molar-refractivity contribution < 1.29 is 14.3 Å². The molecule has 3 aliphatic rings. The fourth-order valence-electron chi connectivity index (χ4n) is 4.45. The molecule has 0 saturated heterocycles. The first-order valence-electron chi connectivity index (χ1n) is 11.0. The van der Waals surface area contributed by atoms with Gasteiger partial charge in [0.15, 0.2) is 0 Å². The van der Waals surface area contributed by atoms with Crippen LogP contribution in [0.3, 0.4) is 0 Å². The van der Waals surface area contributed by atoms with E-state index in [1.807, 2.05) is 29.2 Å². The number of hydrogen-bond acceptors (Lipinski definition) is 3. The summed E-state index contributed by atoms with van der Waals surface area (Å²) in [6, 6.07) is 7.70. The molecule has 2 aliphatic carbocycles. The van der Waals surface area contributed by atoms with Gasteiger partial charge in [0.05, 0.1) is 12.0 Å². The highest BCUT2D eigenvalue weighted by atomic mass is 35.5. The predicted octanol–water partition coefficient (Wildman–Crippen LogP) is 3.65. The number of aromatic nitrogens is 1. The number of nitrogens with zero attached hydrogens (tertiary/aromatic N) is 1. The summed E-state index contributed by atoms with van der Waals surface area (Å²) >= 11 is 6.41. The van der Waals surface area contributed by atoms with Gasteiger partial charge in [-0.3, -0.25) is 4.90 Å². The molecule has 162 valence electrons. The summed E-state index contributed by atoms with van der Waals surface area (Å²) in [6.07, 6.45) is 9.67. The number of carbonyl (C=O) groups is 1. The number of halogens is 1. The molecule has 1 amide bonds. The minimum atomic E-state index is -0.245. The first-order valence-corrected chi connectivity index (χ1v) is 11.4. The summed E-state index contributed by atoms with van der Waals surface area (Å²) < 4.78 is 11.3. The number of benzene rings is 1. The van der Waals surface area contributed by atoms with Crippen LogP contribution >= 0.6 is 11.6 Å². The van der Waals surface area contributed by atoms with Gasteiger partial charge >= 0.3 is 6.09 Å². The van der Waals surface area contributed by atoms with E-state index in [0.717, 1.165) is 48.0 Å². The Morgan fingerprint density at radius 2 is 2.10 bits per heavy atom. The Morgan fingerprint density at radius 3 is 2.84 bits per heavy atom. The number of ether oxygens (including phenoxy) is 2. The van der Waals surface area contributed by atoms with Crippen molar-refractivity contribution in [2.24, 2.45) is 5.92 Å². The number of alkyl halides is 1. The van der Waals surface area contributed by atoms with E-state index >= 15 is 0 Å². The third kappa shape index (κ3) is 4.11. The molecule has 1 saturated carbocycles. The monoisotopic (exact) mass is 438 g/mol. The van der Waals surface area contributed by atoms with Crippen molar-refractivity contribution in [2.75, 3.05) is 19.8 Å². The number of fused-ring (bicyclic) bond motifs is 3. The number of carbonyl (C=O) groups excluding carboxylic acids is 1. The molecule has 0 spiro atoms. The number of aromatic amines is 1. The van der Waals surface area contributed by atoms with Crippen LogP contribution in [-0.4, -0.2) is 41.1 Å². The zero-order valence-electron chi connectivity index (χ0n) is 17.5. The molecule has 2 atom stereocenters. The van der Waals surface area contributed by atoms with Gasteiger partial charge in [-0.05, 0) is 54.9 Å². The van der Waals surface area contributed by atoms with Crippen LogP contribution in [0.15, 0.2) is 36.9 Å². The van der Waals surface area contributed by atoms with Gasteiger partial charge in [0.1, 0.15) is 18.4 Å². The zero-order valence-corrected chi connectivity index (χ0v) is 18.2. The lowest BCUT2D eigenvalue weighted by molar-refractivity contribution is 0.0850. The average Bonchev–Trinajstić information content (AvgIpc) is 3.55. The molecule has 5 rings (SSSR count). The molecule has 1 aliphatic heterocycles. The van der Waals surface area contributed by atoms with Crippen molar-refractivity contribution in [3.05, 3.63) is 64.3 Å². The molecule has 1 fully saturated rings. The third-order valence-corrected chi connectivity index (χ3v) is 6.53. The molecule has 1 unspecified atom stereocenters. The number of amides is 1. The van der Waals surface area contributed by atoms with Crippen LogP contribution < -0.4 is 15.3 Å². The molecule has 5 nitrogen and oxygen atoms in total. The van der Waals surface area contributed by atoms with E-state index in [9.17, 15) is 4.79 Å². The quantitative estimate of drug-likeness (QED) is 0.553. The molecule has 1 N–H and O–H groups in total. The zero-order chi connectivity index (χ0) is 21.4. The second-order valence-electron chi connectivity index (χ2n) is 8.50. The Hall–Kier alpha value is -2.66. The van der Waals surface area contributed by atoms with Gasteiger partial charge in [0, 0.05) is 22.8 Å². The highest BCUT2D eigenvalue weighted by Gasteiger charge is 2.36. The fraction of sp³-hybridized carbons (Fsp3) is 0.400. The van der Waals surface area contributed by atoms with E-state index < -0.39 is 0 Å². The normalized spacial score (nSPS) is 21.9. The van der Waals surface area contributed by atoms with Crippen LogP contribution in [-0.2, 0) is 11.2 Å². The van der Waals surface area contributed by atoms with E-state index in [0.29, 0.717) is 25.7 Å². The van der Waals surface area contributed by atoms with Crippen LogP contribution in [0.4, 0.5) is 4.79 Å². The van der Waals surface area contributed by atoms with Gasteiger partial charge < -0.3 is 14.5 Å². The summed E-state index contributed by atoms with van der Waals surface area (Å²) in [5, 5.41) is 2.29. The van der Waals surface area contributed by atoms with Crippen LogP contribution in [0.1, 0.15) is 42.1 Å². The lowest BCUT2D eigenvalue weighted by Crippen LogP contribution is -2.42. The lowest BCUT2D eigenvalue weighted by Gasteiger charge is -2.35. The molecule has 2 aromatic rings. The van der Waals surface area contributed by atoms with Crippen molar-refractivity contribution in [1.29, 1.82) is 0 Å². The SMILES string of the molecule is C=CCOc1ccc([C@H]2c3[nH]c4c(c3CCN2C(=O)OCC2CC2)=CC(Cl)CC=4)cc1. The Balaban J connectivity index is 1.52. The fourth-order valence-corrected chi connectivity index (χ4v) is 4.66. The highest BCUT2D eigenvalue weighted by Crippen LogP contribution is 2.35. The molecule has 1 aromatic heterocycles. The van der Waals surface area contributed by atoms with Crippen LogP contribution in [0.5, 0.6) is 5.75 Å². The molecule has 6 heteroatoms. The minimum absolute atomic E-state index is 0.00804. The van der Waals surface area contributed by atoms with Gasteiger partial charge in [-0.1, -0.05) is 36.9 Å². The first kappa shape index (κ1) is 20.3. The van der Waals surface area contributed by atoms with Gasteiger partial charge in [0.25, 0.3) is 0 Å². The third-order valence-electron chi connectivity index (χ3n) is 6.23. The summed E-state index contributed by atoms with van der Waals surface area (Å²) in [5.74, 6) is 1.31. The summed E-state index contributed by atoms with van der Waals surface area (Å²) in [5.41, 5.74) is 3.33. The standard InChI is InChI=1S/C25H27ClN2O3/c1-2-13-30-19-8-5-17(6-9-19)24-23-20(21-14-18(26)7-10-22(21)27-23)11-12-28(24)25(29)31-15-16-3-4-16/h2,5-6,8-10,14,16,18,24,27H,1,3-4,7,11-13,15H2/t18?,24-/m0/s1. The predicted molar refractivity (Wildman–Crippen MR) is 122 cm³/mol. The van der Waals surface area contributed by atoms with E-state index in [-0.39, 0.29) is 17.5 Å². The van der Waals surface area contributed by atoms with Crippen molar-refractivity contribution in [3.63, 3.8) is 0 Å². The van der Waals surface area contributed by atoms with E-state index in [1.165, 1.54) is 10.8 Å². The van der Waals surface area contributed by atoms with E-state index in [4.69, 9.17) is 21.1 Å². The van der Waals surface area contributed by atoms with Crippen LogP contribution in [0.25, 0.3) is 12.2 Å². The maximum Gasteiger partial charge on any atom is 0.410 e. The van der Waals surface area contributed by atoms with E-state index in [1.54, 1.807) is 6.08 Å².